The molecule has 3 rings (SSSR count). The van der Waals surface area contributed by atoms with Gasteiger partial charge in [0.25, 0.3) is 5.22 Å². The molecule has 1 aliphatic rings. The Morgan fingerprint density at radius 2 is 2.11 bits per heavy atom. The molecule has 5 nitrogen and oxygen atoms in total. The maximum atomic E-state index is 11.4. The largest absolute Gasteiger partial charge is 0.431 e. The number of sulfone groups is 1. The maximum Gasteiger partial charge on any atom is 0.257 e. The number of fused-ring (bicyclic) bond motifs is 1. The number of oxazole rings is 1. The third-order valence-corrected chi connectivity index (χ3v) is 5.89. The van der Waals surface area contributed by atoms with Crippen LogP contribution in [-0.2, 0) is 9.84 Å². The molecule has 0 spiro atoms. The lowest BCUT2D eigenvalue weighted by atomic mass is 10.3. The molecule has 2 heterocycles. The highest BCUT2D eigenvalue weighted by atomic mass is 32.2. The molecule has 0 amide bonds. The van der Waals surface area contributed by atoms with E-state index in [1.165, 1.54) is 11.8 Å². The number of benzene rings is 1. The van der Waals surface area contributed by atoms with Crippen LogP contribution in [0.3, 0.4) is 0 Å². The Kier molecular flexibility index (Phi) is 2.84. The molecule has 1 fully saturated rings. The van der Waals surface area contributed by atoms with E-state index in [2.05, 4.69) is 4.98 Å². The van der Waals surface area contributed by atoms with Gasteiger partial charge in [0.15, 0.2) is 15.4 Å². The van der Waals surface area contributed by atoms with Gasteiger partial charge >= 0.3 is 0 Å². The van der Waals surface area contributed by atoms with E-state index in [1.807, 2.05) is 18.2 Å². The summed E-state index contributed by atoms with van der Waals surface area (Å²) in [4.78, 5) is 4.25. The molecule has 18 heavy (non-hydrogen) atoms. The molecule has 0 radical (unpaired) electrons. The Labute approximate surface area is 108 Å². The molecule has 1 aliphatic heterocycles. The topological polar surface area (TPSA) is 80.4 Å². The Morgan fingerprint density at radius 1 is 1.33 bits per heavy atom. The highest BCUT2D eigenvalue weighted by molar-refractivity contribution is 8.01. The minimum absolute atomic E-state index is 0.0302. The molecule has 1 saturated heterocycles. The van der Waals surface area contributed by atoms with Gasteiger partial charge < -0.3 is 9.52 Å². The first kappa shape index (κ1) is 12.0. The Balaban J connectivity index is 1.84. The lowest BCUT2D eigenvalue weighted by Crippen LogP contribution is -2.19. The predicted octanol–water partition coefficient (Wildman–Crippen LogP) is 1.08. The first-order chi connectivity index (χ1) is 8.53. The molecular formula is C11H11NO4S2. The Hall–Kier alpha value is -1.05. The first-order valence-electron chi connectivity index (χ1n) is 5.44. The van der Waals surface area contributed by atoms with Crippen LogP contribution in [0, 0.1) is 0 Å². The summed E-state index contributed by atoms with van der Waals surface area (Å²) in [5.74, 6) is -0.206. The van der Waals surface area contributed by atoms with Gasteiger partial charge in [0, 0.05) is 0 Å². The fourth-order valence-electron chi connectivity index (χ4n) is 1.94. The third kappa shape index (κ3) is 2.25. The summed E-state index contributed by atoms with van der Waals surface area (Å²) in [7, 11) is -3.14. The quantitative estimate of drug-likeness (QED) is 0.889. The van der Waals surface area contributed by atoms with Crippen LogP contribution in [0.15, 0.2) is 33.9 Å². The summed E-state index contributed by atoms with van der Waals surface area (Å²) in [5, 5.41) is 9.69. The van der Waals surface area contributed by atoms with Crippen LogP contribution in [0.1, 0.15) is 0 Å². The van der Waals surface area contributed by atoms with E-state index in [9.17, 15) is 13.5 Å². The second kappa shape index (κ2) is 4.25. The van der Waals surface area contributed by atoms with Gasteiger partial charge in [-0.15, -0.1) is 0 Å². The van der Waals surface area contributed by atoms with Gasteiger partial charge in [0.05, 0.1) is 22.9 Å². The van der Waals surface area contributed by atoms with E-state index >= 15 is 0 Å². The fraction of sp³-hybridized carbons (Fsp3) is 0.364. The number of hydrogen-bond donors (Lipinski definition) is 1. The van der Waals surface area contributed by atoms with Crippen LogP contribution in [0.2, 0.25) is 0 Å². The van der Waals surface area contributed by atoms with Crippen molar-refractivity contribution in [3.05, 3.63) is 24.3 Å². The van der Waals surface area contributed by atoms with Crippen molar-refractivity contribution < 1.29 is 17.9 Å². The summed E-state index contributed by atoms with van der Waals surface area (Å²) >= 11 is 1.18. The molecule has 7 heteroatoms. The highest BCUT2D eigenvalue weighted by Crippen LogP contribution is 2.32. The summed E-state index contributed by atoms with van der Waals surface area (Å²) in [6, 6.07) is 7.32. The number of aliphatic hydroxyl groups is 1. The summed E-state index contributed by atoms with van der Waals surface area (Å²) in [5.41, 5.74) is 1.39. The first-order valence-corrected chi connectivity index (χ1v) is 8.14. The zero-order chi connectivity index (χ0) is 12.8. The SMILES string of the molecule is O=S1(=O)C[C@H](O)[C@H](Sc2nc3ccccc3o2)C1. The third-order valence-electron chi connectivity index (χ3n) is 2.80. The van der Waals surface area contributed by atoms with Gasteiger partial charge in [0.2, 0.25) is 0 Å². The summed E-state index contributed by atoms with van der Waals surface area (Å²) < 4.78 is 28.3. The Bertz CT molecular complexity index is 646. The van der Waals surface area contributed by atoms with Crippen molar-refractivity contribution in [1.82, 2.24) is 4.98 Å². The second-order valence-electron chi connectivity index (χ2n) is 4.25. The molecule has 1 N–H and O–H groups in total. The van der Waals surface area contributed by atoms with Crippen molar-refractivity contribution in [2.75, 3.05) is 11.5 Å². The van der Waals surface area contributed by atoms with Gasteiger partial charge in [-0.2, -0.15) is 0 Å². The minimum atomic E-state index is -3.14. The molecule has 1 aromatic carbocycles. The molecule has 0 aliphatic carbocycles. The molecule has 0 bridgehead atoms. The average Bonchev–Trinajstić information content (AvgIpc) is 2.79. The van der Waals surface area contributed by atoms with Crippen molar-refractivity contribution in [1.29, 1.82) is 0 Å². The van der Waals surface area contributed by atoms with Crippen LogP contribution in [0.4, 0.5) is 0 Å². The van der Waals surface area contributed by atoms with Gasteiger partial charge in [-0.05, 0) is 12.1 Å². The number of rotatable bonds is 2. The predicted molar refractivity (Wildman–Crippen MR) is 68.3 cm³/mol. The van der Waals surface area contributed by atoms with Crippen molar-refractivity contribution >= 4 is 32.7 Å². The van der Waals surface area contributed by atoms with Gasteiger partial charge in [0.1, 0.15) is 5.52 Å². The zero-order valence-electron chi connectivity index (χ0n) is 9.31. The van der Waals surface area contributed by atoms with E-state index < -0.39 is 21.2 Å². The van der Waals surface area contributed by atoms with Crippen molar-refractivity contribution in [2.45, 2.75) is 16.6 Å². The fourth-order valence-corrected chi connectivity index (χ4v) is 5.37. The second-order valence-corrected chi connectivity index (χ2v) is 7.59. The van der Waals surface area contributed by atoms with E-state index in [1.54, 1.807) is 6.07 Å². The Morgan fingerprint density at radius 3 is 2.78 bits per heavy atom. The standard InChI is InChI=1S/C11H11NO4S2/c13-8-5-18(14,15)6-10(8)17-11-12-7-3-1-2-4-9(7)16-11/h1-4,8,10,13H,5-6H2/t8-,10+/m0/s1. The molecule has 0 unspecified atom stereocenters. The van der Waals surface area contributed by atoms with Gasteiger partial charge in [-0.25, -0.2) is 13.4 Å². The molecule has 1 aromatic heterocycles. The summed E-state index contributed by atoms with van der Waals surface area (Å²) in [6.45, 7) is 0. The number of hydrogen-bond acceptors (Lipinski definition) is 6. The van der Waals surface area contributed by atoms with E-state index in [4.69, 9.17) is 4.42 Å². The normalized spacial score (nSPS) is 26.7. The lowest BCUT2D eigenvalue weighted by Gasteiger charge is -2.08. The number of aliphatic hydroxyl groups excluding tert-OH is 1. The van der Waals surface area contributed by atoms with Gasteiger partial charge in [-0.3, -0.25) is 0 Å². The van der Waals surface area contributed by atoms with E-state index in [0.717, 1.165) is 5.52 Å². The smallest absolute Gasteiger partial charge is 0.257 e. The minimum Gasteiger partial charge on any atom is -0.431 e. The zero-order valence-corrected chi connectivity index (χ0v) is 10.9. The molecule has 2 atom stereocenters. The maximum absolute atomic E-state index is 11.4. The number of thioether (sulfide) groups is 1. The highest BCUT2D eigenvalue weighted by Gasteiger charge is 2.38. The van der Waals surface area contributed by atoms with Crippen molar-refractivity contribution in [3.8, 4) is 0 Å². The van der Waals surface area contributed by atoms with E-state index in [0.29, 0.717) is 10.8 Å². The number of nitrogens with zero attached hydrogens (tertiary/aromatic N) is 1. The molecule has 96 valence electrons. The van der Waals surface area contributed by atoms with Crippen molar-refractivity contribution in [2.24, 2.45) is 0 Å². The van der Waals surface area contributed by atoms with Crippen molar-refractivity contribution in [3.63, 3.8) is 0 Å². The number of para-hydroxylation sites is 2. The molecule has 2 aromatic rings. The van der Waals surface area contributed by atoms with Crippen LogP contribution in [-0.4, -0.2) is 41.4 Å². The van der Waals surface area contributed by atoms with Gasteiger partial charge in [-0.1, -0.05) is 23.9 Å². The van der Waals surface area contributed by atoms with Crippen LogP contribution in [0.25, 0.3) is 11.1 Å². The molecule has 0 saturated carbocycles. The molecular weight excluding hydrogens is 274 g/mol. The van der Waals surface area contributed by atoms with E-state index in [-0.39, 0.29) is 11.5 Å². The van der Waals surface area contributed by atoms with Crippen LogP contribution in [0.5, 0.6) is 0 Å². The lowest BCUT2D eigenvalue weighted by molar-refractivity contribution is 0.207. The summed E-state index contributed by atoms with van der Waals surface area (Å²) in [6.07, 6.45) is -0.852. The average molecular weight is 285 g/mol. The van der Waals surface area contributed by atoms with Crippen LogP contribution >= 0.6 is 11.8 Å². The monoisotopic (exact) mass is 285 g/mol. The van der Waals surface area contributed by atoms with Crippen LogP contribution < -0.4 is 0 Å². The number of aromatic nitrogens is 1.